The molecule has 0 aliphatic carbocycles. The summed E-state index contributed by atoms with van der Waals surface area (Å²) in [7, 11) is 4.83. The van der Waals surface area contributed by atoms with Crippen LogP contribution < -0.4 is 9.47 Å². The van der Waals surface area contributed by atoms with Crippen LogP contribution in [0.1, 0.15) is 19.4 Å². The van der Waals surface area contributed by atoms with Gasteiger partial charge in [-0.3, -0.25) is 0 Å². The Morgan fingerprint density at radius 3 is 2.17 bits per heavy atom. The molecule has 18 heavy (non-hydrogen) atoms. The normalized spacial score (nSPS) is 12.3. The van der Waals surface area contributed by atoms with E-state index in [9.17, 15) is 8.42 Å². The Labute approximate surface area is 112 Å². The lowest BCUT2D eigenvalue weighted by atomic mass is 9.86. The third-order valence-electron chi connectivity index (χ3n) is 2.70. The number of methoxy groups -OCH3 is 2. The van der Waals surface area contributed by atoms with Gasteiger partial charge in [-0.05, 0) is 17.7 Å². The maximum atomic E-state index is 11.2. The quantitative estimate of drug-likeness (QED) is 0.783. The lowest BCUT2D eigenvalue weighted by Crippen LogP contribution is -2.26. The van der Waals surface area contributed by atoms with Crippen molar-refractivity contribution in [3.05, 3.63) is 23.8 Å². The van der Waals surface area contributed by atoms with Gasteiger partial charge in [0.25, 0.3) is 0 Å². The van der Waals surface area contributed by atoms with Crippen molar-refractivity contribution in [1.82, 2.24) is 0 Å². The summed E-state index contributed by atoms with van der Waals surface area (Å²) >= 11 is 0. The van der Waals surface area contributed by atoms with Gasteiger partial charge in [0.2, 0.25) is 9.05 Å². The predicted molar refractivity (Wildman–Crippen MR) is 72.2 cm³/mol. The number of hydrogen-bond donors (Lipinski definition) is 0. The third-order valence-corrected chi connectivity index (χ3v) is 4.09. The van der Waals surface area contributed by atoms with Gasteiger partial charge in [0.1, 0.15) is 0 Å². The van der Waals surface area contributed by atoms with Crippen LogP contribution in [0.4, 0.5) is 0 Å². The zero-order chi connectivity index (χ0) is 14.0. The fourth-order valence-corrected chi connectivity index (χ4v) is 3.62. The van der Waals surface area contributed by atoms with Crippen molar-refractivity contribution in [2.24, 2.45) is 0 Å². The SMILES string of the molecule is COc1ccc(C(C)(C)CS(=O)(=O)Cl)cc1OC. The van der Waals surface area contributed by atoms with Gasteiger partial charge in [-0.1, -0.05) is 19.9 Å². The second kappa shape index (κ2) is 5.36. The van der Waals surface area contributed by atoms with E-state index in [4.69, 9.17) is 20.2 Å². The average molecular weight is 293 g/mol. The lowest BCUT2D eigenvalue weighted by molar-refractivity contribution is 0.353. The highest BCUT2D eigenvalue weighted by molar-refractivity contribution is 8.13. The van der Waals surface area contributed by atoms with Gasteiger partial charge in [0.15, 0.2) is 11.5 Å². The van der Waals surface area contributed by atoms with Crippen LogP contribution in [0, 0.1) is 0 Å². The monoisotopic (exact) mass is 292 g/mol. The van der Waals surface area contributed by atoms with E-state index in [-0.39, 0.29) is 5.75 Å². The van der Waals surface area contributed by atoms with Crippen molar-refractivity contribution >= 4 is 19.7 Å². The number of rotatable bonds is 5. The first-order valence-corrected chi connectivity index (χ1v) is 7.82. The highest BCUT2D eigenvalue weighted by Gasteiger charge is 2.27. The lowest BCUT2D eigenvalue weighted by Gasteiger charge is -2.24. The molecule has 0 aliphatic rings. The summed E-state index contributed by atoms with van der Waals surface area (Å²) in [5.74, 6) is 1.03. The van der Waals surface area contributed by atoms with Gasteiger partial charge in [0.05, 0.1) is 20.0 Å². The molecule has 1 rings (SSSR count). The van der Waals surface area contributed by atoms with Crippen LogP contribution in [0.2, 0.25) is 0 Å². The second-order valence-corrected chi connectivity index (χ2v) is 7.41. The van der Waals surface area contributed by atoms with Crippen LogP contribution >= 0.6 is 10.7 Å². The van der Waals surface area contributed by atoms with Gasteiger partial charge in [-0.15, -0.1) is 0 Å². The molecule has 0 saturated carbocycles. The summed E-state index contributed by atoms with van der Waals surface area (Å²) in [6.07, 6.45) is 0. The van der Waals surface area contributed by atoms with Crippen LogP contribution in [0.5, 0.6) is 11.5 Å². The maximum absolute atomic E-state index is 11.2. The molecule has 4 nitrogen and oxygen atoms in total. The molecule has 0 spiro atoms. The first kappa shape index (κ1) is 15.1. The Morgan fingerprint density at radius 2 is 1.72 bits per heavy atom. The minimum Gasteiger partial charge on any atom is -0.493 e. The summed E-state index contributed by atoms with van der Waals surface area (Å²) in [4.78, 5) is 0. The Hall–Kier alpha value is -0.940. The van der Waals surface area contributed by atoms with E-state index in [1.54, 1.807) is 19.2 Å². The second-order valence-electron chi connectivity index (χ2n) is 4.64. The van der Waals surface area contributed by atoms with E-state index < -0.39 is 14.5 Å². The summed E-state index contributed by atoms with van der Waals surface area (Å²) < 4.78 is 32.7. The molecule has 0 saturated heterocycles. The van der Waals surface area contributed by atoms with Crippen molar-refractivity contribution in [1.29, 1.82) is 0 Å². The Morgan fingerprint density at radius 1 is 1.17 bits per heavy atom. The van der Waals surface area contributed by atoms with E-state index >= 15 is 0 Å². The molecule has 0 N–H and O–H groups in total. The van der Waals surface area contributed by atoms with Crippen LogP contribution in [-0.2, 0) is 14.5 Å². The average Bonchev–Trinajstić information content (AvgIpc) is 2.24. The number of benzene rings is 1. The van der Waals surface area contributed by atoms with Crippen LogP contribution in [0.25, 0.3) is 0 Å². The molecular weight excluding hydrogens is 276 g/mol. The molecule has 0 atom stereocenters. The molecule has 0 aliphatic heterocycles. The fourth-order valence-electron chi connectivity index (χ4n) is 1.77. The highest BCUT2D eigenvalue weighted by Crippen LogP contribution is 2.34. The molecular formula is C12H17ClO4S. The van der Waals surface area contributed by atoms with Crippen molar-refractivity contribution in [2.75, 3.05) is 20.0 Å². The molecule has 0 aromatic heterocycles. The van der Waals surface area contributed by atoms with E-state index in [0.29, 0.717) is 11.5 Å². The van der Waals surface area contributed by atoms with Crippen molar-refractivity contribution in [3.63, 3.8) is 0 Å². The molecule has 1 aromatic rings. The molecule has 6 heteroatoms. The van der Waals surface area contributed by atoms with Crippen LogP contribution in [0.15, 0.2) is 18.2 Å². The van der Waals surface area contributed by atoms with Gasteiger partial charge in [0, 0.05) is 16.1 Å². The smallest absolute Gasteiger partial charge is 0.233 e. The number of hydrogen-bond acceptors (Lipinski definition) is 4. The summed E-state index contributed by atoms with van der Waals surface area (Å²) in [5, 5.41) is 0. The first-order chi connectivity index (χ1) is 8.19. The summed E-state index contributed by atoms with van der Waals surface area (Å²) in [6.45, 7) is 3.63. The molecule has 0 radical (unpaired) electrons. The highest BCUT2D eigenvalue weighted by atomic mass is 35.7. The molecule has 102 valence electrons. The first-order valence-electron chi connectivity index (χ1n) is 5.34. The molecule has 0 amide bonds. The molecule has 0 bridgehead atoms. The maximum Gasteiger partial charge on any atom is 0.233 e. The summed E-state index contributed by atoms with van der Waals surface area (Å²) in [6, 6.07) is 5.32. The Kier molecular flexibility index (Phi) is 4.50. The van der Waals surface area contributed by atoms with Crippen molar-refractivity contribution < 1.29 is 17.9 Å². The topological polar surface area (TPSA) is 52.6 Å². The van der Waals surface area contributed by atoms with Crippen molar-refractivity contribution in [2.45, 2.75) is 19.3 Å². The van der Waals surface area contributed by atoms with Gasteiger partial charge in [-0.25, -0.2) is 8.42 Å². The summed E-state index contributed by atoms with van der Waals surface area (Å²) in [5.41, 5.74) is 0.226. The van der Waals surface area contributed by atoms with E-state index in [1.807, 2.05) is 19.9 Å². The predicted octanol–water partition coefficient (Wildman–Crippen LogP) is 2.55. The zero-order valence-corrected chi connectivity index (χ0v) is 12.4. The van der Waals surface area contributed by atoms with Crippen LogP contribution in [0.3, 0.4) is 0 Å². The minimum absolute atomic E-state index is 0.142. The molecule has 0 heterocycles. The van der Waals surface area contributed by atoms with Gasteiger partial charge < -0.3 is 9.47 Å². The van der Waals surface area contributed by atoms with E-state index in [1.165, 1.54) is 7.11 Å². The Bertz CT molecular complexity index is 523. The molecule has 0 unspecified atom stereocenters. The van der Waals surface area contributed by atoms with Gasteiger partial charge >= 0.3 is 0 Å². The largest absolute Gasteiger partial charge is 0.493 e. The molecule has 1 aromatic carbocycles. The fraction of sp³-hybridized carbons (Fsp3) is 0.500. The number of halogens is 1. The van der Waals surface area contributed by atoms with E-state index in [2.05, 4.69) is 0 Å². The number of ether oxygens (including phenoxy) is 2. The van der Waals surface area contributed by atoms with E-state index in [0.717, 1.165) is 5.56 Å². The standard InChI is InChI=1S/C12H17ClO4S/c1-12(2,8-18(13,14)15)9-5-6-10(16-3)11(7-9)17-4/h5-7H,8H2,1-4H3. The van der Waals surface area contributed by atoms with Crippen molar-refractivity contribution in [3.8, 4) is 11.5 Å². The van der Waals surface area contributed by atoms with Crippen LogP contribution in [-0.4, -0.2) is 28.4 Å². The molecule has 0 fully saturated rings. The third kappa shape index (κ3) is 3.78. The zero-order valence-electron chi connectivity index (χ0n) is 10.9. The Balaban J connectivity index is 3.17. The van der Waals surface area contributed by atoms with Gasteiger partial charge in [-0.2, -0.15) is 0 Å². The minimum atomic E-state index is -3.57.